The molecule has 0 radical (unpaired) electrons. The fourth-order valence-corrected chi connectivity index (χ4v) is 4.47. The monoisotopic (exact) mass is 267 g/mol. The lowest BCUT2D eigenvalue weighted by Gasteiger charge is -2.42. The van der Waals surface area contributed by atoms with Gasteiger partial charge < -0.3 is 15.2 Å². The van der Waals surface area contributed by atoms with Crippen LogP contribution in [0.1, 0.15) is 51.9 Å². The zero-order chi connectivity index (χ0) is 13.3. The molecule has 0 aromatic rings. The van der Waals surface area contributed by atoms with Crippen LogP contribution in [-0.2, 0) is 9.47 Å². The molecule has 3 fully saturated rings. The molecule has 3 nitrogen and oxygen atoms in total. The summed E-state index contributed by atoms with van der Waals surface area (Å²) in [4.78, 5) is 0. The molecule has 2 aliphatic heterocycles. The predicted octanol–water partition coefficient (Wildman–Crippen LogP) is 2.73. The van der Waals surface area contributed by atoms with E-state index in [0.717, 1.165) is 50.9 Å². The van der Waals surface area contributed by atoms with Gasteiger partial charge in [-0.3, -0.25) is 0 Å². The van der Waals surface area contributed by atoms with Crippen LogP contribution in [-0.4, -0.2) is 31.5 Å². The summed E-state index contributed by atoms with van der Waals surface area (Å²) in [6.45, 7) is 4.92. The first kappa shape index (κ1) is 13.8. The van der Waals surface area contributed by atoms with E-state index >= 15 is 0 Å². The fourth-order valence-electron chi connectivity index (χ4n) is 4.47. The van der Waals surface area contributed by atoms with Crippen LogP contribution in [0.4, 0.5) is 0 Å². The molecule has 1 aliphatic carbocycles. The minimum absolute atomic E-state index is 0.0147. The highest BCUT2D eigenvalue weighted by Gasteiger charge is 2.43. The summed E-state index contributed by atoms with van der Waals surface area (Å²) in [5, 5.41) is 0. The van der Waals surface area contributed by atoms with Gasteiger partial charge >= 0.3 is 0 Å². The van der Waals surface area contributed by atoms with Gasteiger partial charge in [-0.2, -0.15) is 0 Å². The van der Waals surface area contributed by atoms with E-state index in [-0.39, 0.29) is 5.60 Å². The van der Waals surface area contributed by atoms with Crippen molar-refractivity contribution < 1.29 is 9.47 Å². The molecule has 5 atom stereocenters. The van der Waals surface area contributed by atoms with E-state index in [1.54, 1.807) is 0 Å². The van der Waals surface area contributed by atoms with Crippen LogP contribution in [0.2, 0.25) is 0 Å². The van der Waals surface area contributed by atoms with Crippen molar-refractivity contribution in [2.45, 2.75) is 63.5 Å². The molecule has 19 heavy (non-hydrogen) atoms. The minimum atomic E-state index is 0.0147. The molecule has 1 saturated carbocycles. The average Bonchev–Trinajstić information content (AvgIpc) is 2.86. The molecule has 1 spiro atoms. The van der Waals surface area contributed by atoms with Crippen molar-refractivity contribution in [3.63, 3.8) is 0 Å². The minimum Gasteiger partial charge on any atom is -0.378 e. The van der Waals surface area contributed by atoms with Gasteiger partial charge in [0, 0.05) is 25.7 Å². The lowest BCUT2D eigenvalue weighted by Crippen LogP contribution is -2.48. The Balaban J connectivity index is 1.61. The number of hydrogen-bond acceptors (Lipinski definition) is 3. The first-order valence-electron chi connectivity index (χ1n) is 8.16. The van der Waals surface area contributed by atoms with Crippen molar-refractivity contribution in [2.24, 2.45) is 23.5 Å². The van der Waals surface area contributed by atoms with E-state index in [4.69, 9.17) is 15.2 Å². The van der Waals surface area contributed by atoms with Crippen molar-refractivity contribution in [3.8, 4) is 0 Å². The topological polar surface area (TPSA) is 44.5 Å². The third-order valence-corrected chi connectivity index (χ3v) is 5.66. The SMILES string of the molecule is CC1CCCC(C(N)C2CCOC3(CCOC3)C2)C1. The number of hydrogen-bond donors (Lipinski definition) is 1. The molecule has 3 rings (SSSR count). The summed E-state index contributed by atoms with van der Waals surface area (Å²) in [7, 11) is 0. The first-order chi connectivity index (χ1) is 9.19. The van der Waals surface area contributed by atoms with Gasteiger partial charge in [0.15, 0.2) is 0 Å². The molecule has 110 valence electrons. The van der Waals surface area contributed by atoms with Crippen molar-refractivity contribution in [1.29, 1.82) is 0 Å². The summed E-state index contributed by atoms with van der Waals surface area (Å²) in [6, 6.07) is 0.379. The van der Waals surface area contributed by atoms with Gasteiger partial charge in [0.05, 0.1) is 12.2 Å². The Morgan fingerprint density at radius 3 is 2.79 bits per heavy atom. The van der Waals surface area contributed by atoms with Crippen LogP contribution in [0.15, 0.2) is 0 Å². The van der Waals surface area contributed by atoms with Gasteiger partial charge in [0.2, 0.25) is 0 Å². The summed E-state index contributed by atoms with van der Waals surface area (Å²) >= 11 is 0. The number of ether oxygens (including phenoxy) is 2. The molecule has 5 unspecified atom stereocenters. The van der Waals surface area contributed by atoms with Gasteiger partial charge in [0.25, 0.3) is 0 Å². The molecule has 0 amide bonds. The molecular formula is C16H29NO2. The van der Waals surface area contributed by atoms with Gasteiger partial charge in [-0.25, -0.2) is 0 Å². The van der Waals surface area contributed by atoms with Crippen LogP contribution >= 0.6 is 0 Å². The normalized spacial score (nSPS) is 45.5. The third-order valence-electron chi connectivity index (χ3n) is 5.66. The van der Waals surface area contributed by atoms with E-state index in [1.807, 2.05) is 0 Å². The lowest BCUT2D eigenvalue weighted by molar-refractivity contribution is -0.104. The maximum atomic E-state index is 6.64. The highest BCUT2D eigenvalue weighted by Crippen LogP contribution is 2.40. The largest absolute Gasteiger partial charge is 0.378 e. The molecule has 3 heteroatoms. The van der Waals surface area contributed by atoms with Crippen LogP contribution < -0.4 is 5.73 Å². The van der Waals surface area contributed by atoms with E-state index < -0.39 is 0 Å². The maximum absolute atomic E-state index is 6.64. The number of rotatable bonds is 2. The summed E-state index contributed by atoms with van der Waals surface area (Å²) in [6.07, 6.45) is 8.78. The number of nitrogens with two attached hydrogens (primary N) is 1. The summed E-state index contributed by atoms with van der Waals surface area (Å²) in [5.74, 6) is 2.25. The maximum Gasteiger partial charge on any atom is 0.0939 e. The second kappa shape index (κ2) is 5.71. The van der Waals surface area contributed by atoms with Crippen molar-refractivity contribution >= 4 is 0 Å². The molecule has 2 saturated heterocycles. The van der Waals surface area contributed by atoms with Crippen LogP contribution in [0.25, 0.3) is 0 Å². The van der Waals surface area contributed by atoms with Gasteiger partial charge in [-0.05, 0) is 43.4 Å². The van der Waals surface area contributed by atoms with E-state index in [0.29, 0.717) is 12.0 Å². The van der Waals surface area contributed by atoms with Crippen molar-refractivity contribution in [2.75, 3.05) is 19.8 Å². The van der Waals surface area contributed by atoms with Gasteiger partial charge in [-0.15, -0.1) is 0 Å². The van der Waals surface area contributed by atoms with Crippen molar-refractivity contribution in [1.82, 2.24) is 0 Å². The van der Waals surface area contributed by atoms with E-state index in [1.165, 1.54) is 25.7 Å². The second-order valence-corrected chi connectivity index (χ2v) is 7.20. The predicted molar refractivity (Wildman–Crippen MR) is 75.9 cm³/mol. The van der Waals surface area contributed by atoms with E-state index in [9.17, 15) is 0 Å². The summed E-state index contributed by atoms with van der Waals surface area (Å²) in [5.41, 5.74) is 6.65. The Hall–Kier alpha value is -0.120. The van der Waals surface area contributed by atoms with Crippen molar-refractivity contribution in [3.05, 3.63) is 0 Å². The highest BCUT2D eigenvalue weighted by molar-refractivity contribution is 4.95. The molecular weight excluding hydrogens is 238 g/mol. The second-order valence-electron chi connectivity index (χ2n) is 7.20. The van der Waals surface area contributed by atoms with Crippen LogP contribution in [0.5, 0.6) is 0 Å². The van der Waals surface area contributed by atoms with Crippen LogP contribution in [0.3, 0.4) is 0 Å². The molecule has 0 aromatic heterocycles. The Kier molecular flexibility index (Phi) is 4.16. The zero-order valence-electron chi connectivity index (χ0n) is 12.3. The molecule has 2 heterocycles. The van der Waals surface area contributed by atoms with Gasteiger partial charge in [0.1, 0.15) is 0 Å². The quantitative estimate of drug-likeness (QED) is 0.836. The van der Waals surface area contributed by atoms with E-state index in [2.05, 4.69) is 6.92 Å². The summed E-state index contributed by atoms with van der Waals surface area (Å²) < 4.78 is 11.6. The Labute approximate surface area is 117 Å². The van der Waals surface area contributed by atoms with Gasteiger partial charge in [-0.1, -0.05) is 19.8 Å². The first-order valence-corrected chi connectivity index (χ1v) is 8.16. The average molecular weight is 267 g/mol. The Morgan fingerprint density at radius 1 is 1.16 bits per heavy atom. The zero-order valence-corrected chi connectivity index (χ0v) is 12.3. The Bertz CT molecular complexity index is 301. The standard InChI is InChI=1S/C16H29NO2/c1-12-3-2-4-13(9-12)15(17)14-5-7-19-16(10-14)6-8-18-11-16/h12-15H,2-11,17H2,1H3. The molecule has 0 aromatic carbocycles. The molecule has 2 N–H and O–H groups in total. The fraction of sp³-hybridized carbons (Fsp3) is 1.00. The molecule has 3 aliphatic rings. The van der Waals surface area contributed by atoms with Crippen LogP contribution in [0, 0.1) is 17.8 Å². The lowest BCUT2D eigenvalue weighted by atomic mass is 9.71. The highest BCUT2D eigenvalue weighted by atomic mass is 16.6. The Morgan fingerprint density at radius 2 is 2.05 bits per heavy atom. The smallest absolute Gasteiger partial charge is 0.0939 e. The molecule has 0 bridgehead atoms. The third kappa shape index (κ3) is 2.98.